The van der Waals surface area contributed by atoms with Crippen molar-refractivity contribution in [2.24, 2.45) is 5.73 Å². The molecule has 13 heteroatoms. The highest BCUT2D eigenvalue weighted by Crippen LogP contribution is 2.48. The summed E-state index contributed by atoms with van der Waals surface area (Å²) in [5.74, 6) is -1.31. The molecule has 1 unspecified atom stereocenters. The molecule has 3 amide bonds. The summed E-state index contributed by atoms with van der Waals surface area (Å²) in [6.45, 7) is 5.79. The monoisotopic (exact) mass is 665 g/mol. The number of ether oxygens (including phenoxy) is 1. The van der Waals surface area contributed by atoms with Gasteiger partial charge in [-0.25, -0.2) is 14.2 Å². The van der Waals surface area contributed by atoms with E-state index >= 15 is 4.39 Å². The number of aliphatic hydroxyl groups is 2. The second kappa shape index (κ2) is 15.0. The average molecular weight is 666 g/mol. The Morgan fingerprint density at radius 1 is 1.06 bits per heavy atom. The molecular weight excluding hydrogens is 625 g/mol. The molecule has 1 aliphatic rings. The molecule has 0 saturated heterocycles. The van der Waals surface area contributed by atoms with E-state index in [2.05, 4.69) is 15.6 Å². The second-order valence-electron chi connectivity index (χ2n) is 12.4. The molecule has 2 heterocycles. The smallest absolute Gasteiger partial charge is 0.410 e. The number of hydrogen-bond donors (Lipinski definition) is 5. The average Bonchev–Trinajstić information content (AvgIpc) is 3.42. The highest BCUT2D eigenvalue weighted by Gasteiger charge is 2.32. The lowest BCUT2D eigenvalue weighted by atomic mass is 9.95. The van der Waals surface area contributed by atoms with Gasteiger partial charge in [-0.15, -0.1) is 0 Å². The molecule has 1 atom stereocenters. The van der Waals surface area contributed by atoms with Gasteiger partial charge in [-0.1, -0.05) is 60.3 Å². The molecule has 0 saturated carbocycles. The fourth-order valence-corrected chi connectivity index (χ4v) is 6.02. The number of anilines is 1. The van der Waals surface area contributed by atoms with E-state index in [0.29, 0.717) is 27.7 Å². The first-order chi connectivity index (χ1) is 22.1. The number of benzene rings is 2. The number of halogens is 1. The van der Waals surface area contributed by atoms with Crippen LogP contribution in [0, 0.1) is 5.82 Å². The van der Waals surface area contributed by atoms with E-state index in [0.717, 1.165) is 5.56 Å². The van der Waals surface area contributed by atoms with E-state index in [9.17, 15) is 24.6 Å². The zero-order valence-electron chi connectivity index (χ0n) is 26.7. The van der Waals surface area contributed by atoms with Crippen LogP contribution in [0.25, 0.3) is 0 Å². The quantitative estimate of drug-likeness (QED) is 0.177. The number of primary amides is 1. The minimum Gasteiger partial charge on any atom is -0.445 e. The van der Waals surface area contributed by atoms with Crippen LogP contribution in [-0.4, -0.2) is 56.7 Å². The van der Waals surface area contributed by atoms with Crippen LogP contribution in [-0.2, 0) is 33.1 Å². The number of hydrogen-bond acceptors (Lipinski definition) is 9. The lowest BCUT2D eigenvalue weighted by Crippen LogP contribution is -2.44. The summed E-state index contributed by atoms with van der Waals surface area (Å²) in [4.78, 5) is 44.0. The molecule has 0 fully saturated rings. The van der Waals surface area contributed by atoms with Crippen molar-refractivity contribution in [3.8, 4) is 0 Å². The molecule has 3 aromatic rings. The summed E-state index contributed by atoms with van der Waals surface area (Å²) in [5, 5.41) is 25.9. The summed E-state index contributed by atoms with van der Waals surface area (Å²) >= 11 is 1.23. The van der Waals surface area contributed by atoms with E-state index in [1.54, 1.807) is 58.0 Å². The normalized spacial score (nSPS) is 14.9. The summed E-state index contributed by atoms with van der Waals surface area (Å²) in [7, 11) is 0. The summed E-state index contributed by atoms with van der Waals surface area (Å²) in [5.41, 5.74) is 5.60. The second-order valence-corrected chi connectivity index (χ2v) is 13.6. The van der Waals surface area contributed by atoms with Gasteiger partial charge in [0.1, 0.15) is 24.8 Å². The number of thioether (sulfide) groups is 1. The van der Waals surface area contributed by atoms with Gasteiger partial charge in [0, 0.05) is 22.9 Å². The fraction of sp³-hybridized carbons (Fsp3) is 0.353. The fourth-order valence-electron chi connectivity index (χ4n) is 4.68. The predicted octanol–water partition coefficient (Wildman–Crippen LogP) is 4.46. The number of carbonyl (C=O) groups excluding carboxylic acids is 3. The van der Waals surface area contributed by atoms with E-state index in [1.807, 2.05) is 30.3 Å². The van der Waals surface area contributed by atoms with Crippen molar-refractivity contribution in [2.75, 3.05) is 18.4 Å². The van der Waals surface area contributed by atoms with Crippen molar-refractivity contribution in [3.63, 3.8) is 0 Å². The largest absolute Gasteiger partial charge is 0.445 e. The van der Waals surface area contributed by atoms with Crippen LogP contribution in [0.15, 0.2) is 77.3 Å². The van der Waals surface area contributed by atoms with Gasteiger partial charge < -0.3 is 31.3 Å². The van der Waals surface area contributed by atoms with Gasteiger partial charge in [0.15, 0.2) is 0 Å². The van der Waals surface area contributed by atoms with Crippen LogP contribution in [0.4, 0.5) is 15.0 Å². The topological polar surface area (TPSA) is 167 Å². The van der Waals surface area contributed by atoms with Crippen molar-refractivity contribution in [2.45, 2.75) is 63.7 Å². The first kappa shape index (κ1) is 35.4. The third kappa shape index (κ3) is 10.3. The Hall–Kier alpha value is -4.46. The standard InChI is InChI=1S/C34H40FN5O6S/c1-33(2,44)20-37-29(41)18-40(32(43)46-19-21-9-6-5-7-10-21)17-23-11-8-12-28(38-23)39-31-25(30(36)42)16-27(47-31)24-14-13-22(15-26(24)35)34(3,4)45/h5-15,27,44-45H,16-20H2,1-4H3,(H2,36,42)(H,37,41)(H,38,39). The van der Waals surface area contributed by atoms with Gasteiger partial charge in [-0.2, -0.15) is 0 Å². The maximum Gasteiger partial charge on any atom is 0.410 e. The van der Waals surface area contributed by atoms with Gasteiger partial charge in [0.25, 0.3) is 0 Å². The zero-order valence-corrected chi connectivity index (χ0v) is 27.6. The van der Waals surface area contributed by atoms with Crippen LogP contribution in [0.2, 0.25) is 0 Å². The molecule has 11 nitrogen and oxygen atoms in total. The van der Waals surface area contributed by atoms with Crippen molar-refractivity contribution < 1.29 is 33.7 Å². The van der Waals surface area contributed by atoms with Gasteiger partial charge in [-0.05, 0) is 63.4 Å². The number of rotatable bonds is 13. The number of nitrogens with zero attached hydrogens (tertiary/aromatic N) is 2. The number of pyridine rings is 1. The molecule has 47 heavy (non-hydrogen) atoms. The predicted molar refractivity (Wildman–Crippen MR) is 177 cm³/mol. The van der Waals surface area contributed by atoms with E-state index < -0.39 is 40.2 Å². The van der Waals surface area contributed by atoms with Gasteiger partial charge in [0.05, 0.1) is 28.5 Å². The third-order valence-corrected chi connectivity index (χ3v) is 8.48. The van der Waals surface area contributed by atoms with E-state index in [-0.39, 0.29) is 38.2 Å². The summed E-state index contributed by atoms with van der Waals surface area (Å²) in [6.07, 6.45) is -0.556. The number of amides is 3. The van der Waals surface area contributed by atoms with E-state index in [1.165, 1.54) is 22.7 Å². The highest BCUT2D eigenvalue weighted by atomic mass is 32.2. The van der Waals surface area contributed by atoms with Gasteiger partial charge in [-0.3, -0.25) is 14.5 Å². The number of nitrogens with one attached hydrogen (secondary N) is 2. The third-order valence-electron chi connectivity index (χ3n) is 7.19. The molecule has 250 valence electrons. The lowest BCUT2D eigenvalue weighted by molar-refractivity contribution is -0.123. The van der Waals surface area contributed by atoms with Crippen LogP contribution < -0.4 is 16.4 Å². The van der Waals surface area contributed by atoms with Crippen LogP contribution in [0.5, 0.6) is 0 Å². The minimum atomic E-state index is -1.21. The molecule has 4 rings (SSSR count). The SMILES string of the molecule is CC(C)(O)CNC(=O)CN(Cc1cccc(NC2=C(C(N)=O)CC(c3ccc(C(C)(C)O)cc3F)S2)n1)C(=O)OCc1ccccc1. The molecular formula is C34H40FN5O6S. The van der Waals surface area contributed by atoms with Gasteiger partial charge >= 0.3 is 6.09 Å². The maximum absolute atomic E-state index is 15.1. The molecule has 0 radical (unpaired) electrons. The Kier molecular flexibility index (Phi) is 11.3. The Morgan fingerprint density at radius 3 is 2.43 bits per heavy atom. The molecule has 6 N–H and O–H groups in total. The van der Waals surface area contributed by atoms with Crippen molar-refractivity contribution in [1.29, 1.82) is 0 Å². The first-order valence-electron chi connectivity index (χ1n) is 15.0. The Bertz CT molecular complexity index is 1640. The van der Waals surface area contributed by atoms with E-state index in [4.69, 9.17) is 10.5 Å². The van der Waals surface area contributed by atoms with Crippen LogP contribution >= 0.6 is 11.8 Å². The Balaban J connectivity index is 1.50. The molecule has 0 aliphatic carbocycles. The molecule has 0 spiro atoms. The Morgan fingerprint density at radius 2 is 1.79 bits per heavy atom. The van der Waals surface area contributed by atoms with Crippen LogP contribution in [0.3, 0.4) is 0 Å². The maximum atomic E-state index is 15.1. The lowest BCUT2D eigenvalue weighted by Gasteiger charge is -2.23. The molecule has 2 aromatic carbocycles. The van der Waals surface area contributed by atoms with Crippen LogP contribution in [0.1, 0.15) is 61.7 Å². The summed E-state index contributed by atoms with van der Waals surface area (Å²) < 4.78 is 20.6. The molecule has 0 bridgehead atoms. The number of carbonyl (C=O) groups is 3. The number of aromatic nitrogens is 1. The van der Waals surface area contributed by atoms with Crippen molar-refractivity contribution in [3.05, 3.63) is 106 Å². The minimum absolute atomic E-state index is 0.00000793. The Labute approximate surface area is 277 Å². The van der Waals surface area contributed by atoms with Crippen molar-refractivity contribution >= 4 is 35.5 Å². The first-order valence-corrected chi connectivity index (χ1v) is 15.9. The van der Waals surface area contributed by atoms with Gasteiger partial charge in [0.2, 0.25) is 11.8 Å². The van der Waals surface area contributed by atoms with Crippen molar-refractivity contribution in [1.82, 2.24) is 15.2 Å². The summed E-state index contributed by atoms with van der Waals surface area (Å²) in [6, 6.07) is 18.7. The zero-order chi connectivity index (χ0) is 34.4. The number of nitrogens with two attached hydrogens (primary N) is 1. The highest BCUT2D eigenvalue weighted by molar-refractivity contribution is 8.03. The molecule has 1 aromatic heterocycles. The molecule has 1 aliphatic heterocycles.